The monoisotopic (exact) mass is 738 g/mol. The number of H-pyrrole nitrogens is 1. The highest BCUT2D eigenvalue weighted by Crippen LogP contribution is 2.16. The fourth-order valence-corrected chi connectivity index (χ4v) is 4.14. The molecular formula is C28H32I2N6O2. The van der Waals surface area contributed by atoms with Crippen molar-refractivity contribution in [2.75, 3.05) is 14.2 Å². The Morgan fingerprint density at radius 3 is 1.74 bits per heavy atom. The summed E-state index contributed by atoms with van der Waals surface area (Å²) in [6, 6.07) is 16.1. The summed E-state index contributed by atoms with van der Waals surface area (Å²) in [6.07, 6.45) is 7.58. The number of hydrogen-bond acceptors (Lipinski definition) is 5. The van der Waals surface area contributed by atoms with Gasteiger partial charge in [-0.15, -0.1) is 0 Å². The largest absolute Gasteiger partial charge is 0.497 e. The van der Waals surface area contributed by atoms with Crippen LogP contribution in [0.25, 0.3) is 0 Å². The van der Waals surface area contributed by atoms with Crippen LogP contribution < -0.4 is 9.47 Å². The predicted octanol–water partition coefficient (Wildman–Crippen LogP) is 6.42. The first-order valence-corrected chi connectivity index (χ1v) is 14.0. The number of benzene rings is 2. The van der Waals surface area contributed by atoms with Gasteiger partial charge in [0.25, 0.3) is 0 Å². The average Bonchev–Trinajstić information content (AvgIpc) is 3.62. The number of halogens is 2. The lowest BCUT2D eigenvalue weighted by Gasteiger charge is -2.05. The normalized spacial score (nSPS) is 10.2. The van der Waals surface area contributed by atoms with Crippen molar-refractivity contribution in [3.8, 4) is 11.5 Å². The van der Waals surface area contributed by atoms with Crippen LogP contribution in [0.2, 0.25) is 0 Å². The van der Waals surface area contributed by atoms with Gasteiger partial charge < -0.3 is 9.47 Å². The molecule has 5 aromatic rings. The minimum Gasteiger partial charge on any atom is -0.497 e. The number of aromatic amines is 1. The van der Waals surface area contributed by atoms with Crippen molar-refractivity contribution in [2.45, 2.75) is 33.9 Å². The lowest BCUT2D eigenvalue weighted by Crippen LogP contribution is -2.03. The molecule has 8 nitrogen and oxygen atoms in total. The molecule has 3 aromatic heterocycles. The summed E-state index contributed by atoms with van der Waals surface area (Å²) >= 11 is 4.56. The van der Waals surface area contributed by atoms with Crippen molar-refractivity contribution >= 4 is 45.2 Å². The van der Waals surface area contributed by atoms with Crippen LogP contribution in [0, 0.1) is 28.2 Å². The molecule has 0 unspecified atom stereocenters. The van der Waals surface area contributed by atoms with Crippen molar-refractivity contribution in [2.24, 2.45) is 0 Å². The molecule has 0 amide bonds. The lowest BCUT2D eigenvalue weighted by atomic mass is 10.2. The fraction of sp³-hybridized carbons (Fsp3) is 0.250. The van der Waals surface area contributed by atoms with E-state index in [1.54, 1.807) is 20.4 Å². The molecule has 0 aliphatic heterocycles. The van der Waals surface area contributed by atoms with Gasteiger partial charge in [0.2, 0.25) is 0 Å². The smallest absolute Gasteiger partial charge is 0.126 e. The van der Waals surface area contributed by atoms with Gasteiger partial charge in [-0.2, -0.15) is 15.3 Å². The third-order valence-electron chi connectivity index (χ3n) is 5.46. The van der Waals surface area contributed by atoms with E-state index >= 15 is 0 Å². The SMILES string of the molecule is COc1ccc(Cn2cc(C)c(I)n2)cc1.COc1ccc(Cn2ncc(C)c2I)cc1.Cc1cn[nH]c1. The molecule has 0 fully saturated rings. The zero-order valence-corrected chi connectivity index (χ0v) is 26.5. The molecule has 200 valence electrons. The molecule has 0 aliphatic carbocycles. The zero-order chi connectivity index (χ0) is 27.5. The van der Waals surface area contributed by atoms with E-state index in [4.69, 9.17) is 9.47 Å². The molecule has 2 aromatic carbocycles. The van der Waals surface area contributed by atoms with E-state index in [-0.39, 0.29) is 0 Å². The molecule has 0 radical (unpaired) electrons. The molecule has 0 spiro atoms. The molecule has 5 rings (SSSR count). The van der Waals surface area contributed by atoms with Crippen LogP contribution in [0.15, 0.2) is 73.3 Å². The third kappa shape index (κ3) is 9.15. The van der Waals surface area contributed by atoms with Crippen LogP contribution in [0.3, 0.4) is 0 Å². The second-order valence-corrected chi connectivity index (χ2v) is 10.6. The molecule has 3 heterocycles. The predicted molar refractivity (Wildman–Crippen MR) is 167 cm³/mol. The summed E-state index contributed by atoms with van der Waals surface area (Å²) < 4.78 is 16.4. The highest BCUT2D eigenvalue weighted by molar-refractivity contribution is 14.1. The Kier molecular flexibility index (Phi) is 11.6. The van der Waals surface area contributed by atoms with Crippen LogP contribution in [-0.4, -0.2) is 44.0 Å². The van der Waals surface area contributed by atoms with Gasteiger partial charge in [0.05, 0.1) is 39.7 Å². The van der Waals surface area contributed by atoms with Crippen LogP contribution >= 0.6 is 45.2 Å². The summed E-state index contributed by atoms with van der Waals surface area (Å²) in [6.45, 7) is 7.73. The van der Waals surface area contributed by atoms with Crippen LogP contribution in [0.1, 0.15) is 27.8 Å². The number of methoxy groups -OCH3 is 2. The fourth-order valence-electron chi connectivity index (χ4n) is 3.29. The number of aromatic nitrogens is 6. The highest BCUT2D eigenvalue weighted by Gasteiger charge is 2.04. The second-order valence-electron chi connectivity index (χ2n) is 8.55. The highest BCUT2D eigenvalue weighted by atomic mass is 127. The van der Waals surface area contributed by atoms with Crippen molar-refractivity contribution < 1.29 is 9.47 Å². The summed E-state index contributed by atoms with van der Waals surface area (Å²) in [5.74, 6) is 1.77. The zero-order valence-electron chi connectivity index (χ0n) is 22.2. The summed E-state index contributed by atoms with van der Waals surface area (Å²) in [5.41, 5.74) is 6.06. The van der Waals surface area contributed by atoms with Gasteiger partial charge in [0.1, 0.15) is 18.9 Å². The van der Waals surface area contributed by atoms with Crippen molar-refractivity contribution in [3.63, 3.8) is 0 Å². The van der Waals surface area contributed by atoms with Crippen LogP contribution in [0.5, 0.6) is 11.5 Å². The van der Waals surface area contributed by atoms with Crippen molar-refractivity contribution in [1.29, 1.82) is 0 Å². The van der Waals surface area contributed by atoms with E-state index in [1.165, 1.54) is 31.5 Å². The van der Waals surface area contributed by atoms with Gasteiger partial charge in [-0.25, -0.2) is 0 Å². The number of aryl methyl sites for hydroxylation is 3. The molecule has 0 saturated carbocycles. The van der Waals surface area contributed by atoms with Gasteiger partial charge in [-0.1, -0.05) is 24.3 Å². The third-order valence-corrected chi connectivity index (χ3v) is 7.93. The van der Waals surface area contributed by atoms with E-state index < -0.39 is 0 Å². The molecule has 0 aliphatic rings. The van der Waals surface area contributed by atoms with E-state index in [2.05, 4.69) is 110 Å². The Balaban J connectivity index is 0.000000173. The molecule has 0 bridgehead atoms. The summed E-state index contributed by atoms with van der Waals surface area (Å²) in [7, 11) is 3.35. The molecular weight excluding hydrogens is 706 g/mol. The average molecular weight is 738 g/mol. The molecule has 10 heteroatoms. The maximum Gasteiger partial charge on any atom is 0.126 e. The van der Waals surface area contributed by atoms with Crippen LogP contribution in [-0.2, 0) is 13.1 Å². The molecule has 1 N–H and O–H groups in total. The second kappa shape index (κ2) is 14.9. The van der Waals surface area contributed by atoms with Crippen LogP contribution in [0.4, 0.5) is 0 Å². The first-order valence-electron chi connectivity index (χ1n) is 11.9. The molecule has 0 atom stereocenters. The lowest BCUT2D eigenvalue weighted by molar-refractivity contribution is 0.414. The number of hydrogen-bond donors (Lipinski definition) is 1. The van der Waals surface area contributed by atoms with Crippen molar-refractivity contribution in [3.05, 3.63) is 109 Å². The first-order chi connectivity index (χ1) is 18.3. The maximum absolute atomic E-state index is 5.12. The van der Waals surface area contributed by atoms with Gasteiger partial charge in [0, 0.05) is 23.5 Å². The summed E-state index contributed by atoms with van der Waals surface area (Å²) in [4.78, 5) is 0. The Hall–Kier alpha value is -2.87. The Morgan fingerprint density at radius 1 is 0.789 bits per heavy atom. The quantitative estimate of drug-likeness (QED) is 0.204. The van der Waals surface area contributed by atoms with E-state index in [1.807, 2.05) is 52.9 Å². The molecule has 0 saturated heterocycles. The van der Waals surface area contributed by atoms with E-state index in [0.29, 0.717) is 0 Å². The van der Waals surface area contributed by atoms with Gasteiger partial charge in [0.15, 0.2) is 0 Å². The van der Waals surface area contributed by atoms with Gasteiger partial charge >= 0.3 is 0 Å². The number of nitrogens with one attached hydrogen (secondary N) is 1. The van der Waals surface area contributed by atoms with E-state index in [0.717, 1.165) is 28.3 Å². The van der Waals surface area contributed by atoms with E-state index in [9.17, 15) is 0 Å². The Bertz CT molecular complexity index is 1360. The number of rotatable bonds is 6. The Morgan fingerprint density at radius 2 is 1.37 bits per heavy atom. The van der Waals surface area contributed by atoms with Gasteiger partial charge in [-0.05, 0) is 107 Å². The minimum atomic E-state index is 0.799. The first kappa shape index (κ1) is 29.7. The Labute approximate surface area is 251 Å². The summed E-state index contributed by atoms with van der Waals surface area (Å²) in [5, 5.41) is 15.1. The minimum absolute atomic E-state index is 0.799. The standard InChI is InChI=1S/2C12H13IN2O.C4H6N2/c1-9-7-15(14-12(9)13)8-10-3-5-11(16-2)6-4-10;1-9-7-14-15(12(9)13)8-10-3-5-11(16-2)6-4-10;1-4-2-5-6-3-4/h2*3-7H,8H2,1-2H3;2-3H,1H3,(H,5,6). The van der Waals surface area contributed by atoms with Crippen molar-refractivity contribution in [1.82, 2.24) is 29.8 Å². The van der Waals surface area contributed by atoms with Gasteiger partial charge in [-0.3, -0.25) is 14.5 Å². The molecule has 38 heavy (non-hydrogen) atoms. The topological polar surface area (TPSA) is 82.8 Å². The maximum atomic E-state index is 5.12. The number of nitrogens with zero attached hydrogens (tertiary/aromatic N) is 5. The number of ether oxygens (including phenoxy) is 2.